The molecule has 1 unspecified atom stereocenters. The van der Waals surface area contributed by atoms with Crippen molar-refractivity contribution in [3.05, 3.63) is 50.4 Å². The molecule has 2 aromatic carbocycles. The zero-order chi connectivity index (χ0) is 21.4. The first-order valence-corrected chi connectivity index (χ1v) is 10.7. The maximum absolute atomic E-state index is 11.5. The molecule has 0 saturated carbocycles. The molecule has 0 aliphatic rings. The highest BCUT2D eigenvalue weighted by Crippen LogP contribution is 2.38. The number of halogens is 2. The van der Waals surface area contributed by atoms with Gasteiger partial charge in [0.05, 0.1) is 28.9 Å². The third kappa shape index (κ3) is 6.47. The minimum absolute atomic E-state index is 0.297. The van der Waals surface area contributed by atoms with Gasteiger partial charge in [-0.25, -0.2) is 4.79 Å². The molecule has 2 rings (SSSR count). The van der Waals surface area contributed by atoms with Crippen molar-refractivity contribution in [3.8, 4) is 17.2 Å². The second-order valence-electron chi connectivity index (χ2n) is 5.98. The van der Waals surface area contributed by atoms with Gasteiger partial charge in [-0.05, 0) is 93.6 Å². The van der Waals surface area contributed by atoms with Gasteiger partial charge in [-0.2, -0.15) is 0 Å². The Hall–Kier alpha value is -2.06. The normalized spacial score (nSPS) is 11.9. The maximum Gasteiger partial charge on any atom is 0.349 e. The Balaban J connectivity index is 2.13. The molecule has 0 aliphatic heterocycles. The van der Waals surface area contributed by atoms with Gasteiger partial charge in [0, 0.05) is 0 Å². The number of hydrogen-bond acceptors (Lipinski definition) is 6. The van der Waals surface area contributed by atoms with E-state index in [1.165, 1.54) is 6.21 Å². The summed E-state index contributed by atoms with van der Waals surface area (Å²) >= 11 is 7.06. The van der Waals surface area contributed by atoms with Crippen molar-refractivity contribution < 1.29 is 23.8 Å². The van der Waals surface area contributed by atoms with Crippen LogP contribution in [0.25, 0.3) is 0 Å². The zero-order valence-electron chi connectivity index (χ0n) is 16.7. The molecule has 0 heterocycles. The number of aryl methyl sites for hydroxylation is 1. The van der Waals surface area contributed by atoms with Crippen LogP contribution in [0.2, 0.25) is 0 Å². The van der Waals surface area contributed by atoms with E-state index in [1.54, 1.807) is 21.0 Å². The topological polar surface area (TPSA) is 66.4 Å². The van der Waals surface area contributed by atoms with Crippen LogP contribution < -0.4 is 9.47 Å². The molecule has 0 saturated heterocycles. The van der Waals surface area contributed by atoms with Gasteiger partial charge in [-0.3, -0.25) is 0 Å². The average Bonchev–Trinajstić information content (AvgIpc) is 2.70. The number of oxime groups is 1. The van der Waals surface area contributed by atoms with E-state index in [1.807, 2.05) is 30.3 Å². The number of ether oxygens (including phenoxy) is 3. The van der Waals surface area contributed by atoms with Crippen LogP contribution in [-0.2, 0) is 20.8 Å². The number of nitrogens with zero attached hydrogens (tertiary/aromatic N) is 1. The Kier molecular flexibility index (Phi) is 8.98. The summed E-state index contributed by atoms with van der Waals surface area (Å²) in [7, 11) is 1.65. The first kappa shape index (κ1) is 23.2. The van der Waals surface area contributed by atoms with Gasteiger partial charge in [0.25, 0.3) is 0 Å². The van der Waals surface area contributed by atoms with Gasteiger partial charge in [-0.1, -0.05) is 12.1 Å². The van der Waals surface area contributed by atoms with E-state index < -0.39 is 12.1 Å². The number of methoxy groups -OCH3 is 1. The van der Waals surface area contributed by atoms with Crippen LogP contribution in [0.3, 0.4) is 0 Å². The summed E-state index contributed by atoms with van der Waals surface area (Å²) in [6.45, 7) is 5.68. The number of carbonyl (C=O) groups is 1. The third-order valence-electron chi connectivity index (χ3n) is 3.91. The molecular formula is C21H23Br2NO5. The quantitative estimate of drug-likeness (QED) is 0.231. The number of benzene rings is 2. The molecule has 2 aromatic rings. The zero-order valence-corrected chi connectivity index (χ0v) is 19.9. The molecule has 8 heteroatoms. The molecule has 0 N–H and O–H groups in total. The number of esters is 1. The molecular weight excluding hydrogens is 506 g/mol. The fraction of sp³-hybridized carbons (Fsp3) is 0.333. The lowest BCUT2D eigenvalue weighted by molar-refractivity contribution is -0.155. The molecule has 156 valence electrons. The van der Waals surface area contributed by atoms with Gasteiger partial charge in [-0.15, -0.1) is 0 Å². The highest BCUT2D eigenvalue weighted by atomic mass is 79.9. The molecule has 0 aromatic heterocycles. The monoisotopic (exact) mass is 527 g/mol. The van der Waals surface area contributed by atoms with Crippen LogP contribution in [0.5, 0.6) is 17.2 Å². The fourth-order valence-electron chi connectivity index (χ4n) is 2.45. The largest absolute Gasteiger partial charge is 0.496 e. The summed E-state index contributed by atoms with van der Waals surface area (Å²) in [6, 6.07) is 9.38. The second-order valence-corrected chi connectivity index (χ2v) is 7.69. The van der Waals surface area contributed by atoms with E-state index in [2.05, 4.69) is 43.9 Å². The molecule has 0 spiro atoms. The van der Waals surface area contributed by atoms with Gasteiger partial charge in [0.1, 0.15) is 11.5 Å². The van der Waals surface area contributed by atoms with Crippen LogP contribution >= 0.6 is 31.9 Å². The minimum atomic E-state index is -0.775. The van der Waals surface area contributed by atoms with Crippen molar-refractivity contribution in [2.45, 2.75) is 33.3 Å². The number of carbonyl (C=O) groups excluding carboxylic acids is 1. The first-order chi connectivity index (χ1) is 13.9. The Morgan fingerprint density at radius 2 is 1.86 bits per heavy atom. The molecule has 0 amide bonds. The summed E-state index contributed by atoms with van der Waals surface area (Å²) in [4.78, 5) is 16.7. The lowest BCUT2D eigenvalue weighted by atomic mass is 10.1. The molecule has 29 heavy (non-hydrogen) atoms. The summed E-state index contributed by atoms with van der Waals surface area (Å²) in [5.74, 6) is 1.72. The SMILES string of the molecule is CCOC(=O)C(C)O/N=C/c1cc(Br)c(Oc2ccc(OC)c(CC)c2)c(Br)c1. The number of hydrogen-bond donors (Lipinski definition) is 0. The van der Waals surface area contributed by atoms with E-state index in [0.717, 1.165) is 32.2 Å². The van der Waals surface area contributed by atoms with Crippen LogP contribution in [0.4, 0.5) is 0 Å². The Bertz CT molecular complexity index is 862. The lowest BCUT2D eigenvalue weighted by Gasteiger charge is -2.13. The second kappa shape index (κ2) is 11.2. The predicted octanol–water partition coefficient (Wildman–Crippen LogP) is 5.88. The Morgan fingerprint density at radius 3 is 2.45 bits per heavy atom. The van der Waals surface area contributed by atoms with Crippen molar-refractivity contribution in [1.82, 2.24) is 0 Å². The standard InChI is InChI=1S/C21H23Br2NO5/c1-5-15-11-16(7-8-19(15)26-4)28-20-17(22)9-14(10-18(20)23)12-24-29-13(3)21(25)27-6-2/h7-13H,5-6H2,1-4H3/b24-12+. The Labute approximate surface area is 187 Å². The minimum Gasteiger partial charge on any atom is -0.496 e. The van der Waals surface area contributed by atoms with Crippen LogP contribution in [0, 0.1) is 0 Å². The average molecular weight is 529 g/mol. The molecule has 0 bridgehead atoms. The van der Waals surface area contributed by atoms with Crippen LogP contribution in [0.15, 0.2) is 44.4 Å². The van der Waals surface area contributed by atoms with Crippen molar-refractivity contribution >= 4 is 44.0 Å². The van der Waals surface area contributed by atoms with E-state index in [0.29, 0.717) is 18.1 Å². The van der Waals surface area contributed by atoms with Crippen LogP contribution in [0.1, 0.15) is 31.9 Å². The van der Waals surface area contributed by atoms with Crippen molar-refractivity contribution in [2.75, 3.05) is 13.7 Å². The fourth-order valence-corrected chi connectivity index (χ4v) is 3.83. The van der Waals surface area contributed by atoms with Crippen molar-refractivity contribution in [1.29, 1.82) is 0 Å². The summed E-state index contributed by atoms with van der Waals surface area (Å²) < 4.78 is 17.8. The molecule has 1 atom stereocenters. The summed E-state index contributed by atoms with van der Waals surface area (Å²) in [6.07, 6.45) is 1.57. The summed E-state index contributed by atoms with van der Waals surface area (Å²) in [5.41, 5.74) is 1.82. The molecule has 6 nitrogen and oxygen atoms in total. The molecule has 0 radical (unpaired) electrons. The lowest BCUT2D eigenvalue weighted by Crippen LogP contribution is -2.21. The van der Waals surface area contributed by atoms with E-state index >= 15 is 0 Å². The molecule has 0 fully saturated rings. The smallest absolute Gasteiger partial charge is 0.349 e. The first-order valence-electron chi connectivity index (χ1n) is 9.09. The highest BCUT2D eigenvalue weighted by molar-refractivity contribution is 9.11. The molecule has 0 aliphatic carbocycles. The van der Waals surface area contributed by atoms with Crippen molar-refractivity contribution in [2.24, 2.45) is 5.16 Å². The van der Waals surface area contributed by atoms with Crippen molar-refractivity contribution in [3.63, 3.8) is 0 Å². The number of rotatable bonds is 9. The third-order valence-corrected chi connectivity index (χ3v) is 5.09. The van der Waals surface area contributed by atoms with Crippen LogP contribution in [-0.4, -0.2) is 32.0 Å². The maximum atomic E-state index is 11.5. The van der Waals surface area contributed by atoms with E-state index in [4.69, 9.17) is 19.0 Å². The van der Waals surface area contributed by atoms with Gasteiger partial charge in [0.2, 0.25) is 6.10 Å². The Morgan fingerprint density at radius 1 is 1.17 bits per heavy atom. The van der Waals surface area contributed by atoms with Gasteiger partial charge in [0.15, 0.2) is 5.75 Å². The summed E-state index contributed by atoms with van der Waals surface area (Å²) in [5, 5.41) is 3.86. The predicted molar refractivity (Wildman–Crippen MR) is 119 cm³/mol. The van der Waals surface area contributed by atoms with Gasteiger partial charge >= 0.3 is 5.97 Å². The van der Waals surface area contributed by atoms with E-state index in [9.17, 15) is 4.79 Å². The van der Waals surface area contributed by atoms with Gasteiger partial charge < -0.3 is 19.0 Å². The highest BCUT2D eigenvalue weighted by Gasteiger charge is 2.15. The van der Waals surface area contributed by atoms with E-state index in [-0.39, 0.29) is 0 Å².